The molecule has 1 heterocycles. The van der Waals surface area contributed by atoms with Crippen LogP contribution in [-0.4, -0.2) is 31.2 Å². The van der Waals surface area contributed by atoms with Crippen LogP contribution in [-0.2, 0) is 9.31 Å². The molecule has 22 heavy (non-hydrogen) atoms. The Morgan fingerprint density at radius 3 is 2.36 bits per heavy atom. The summed E-state index contributed by atoms with van der Waals surface area (Å²) in [6.07, 6.45) is 4.65. The van der Waals surface area contributed by atoms with Gasteiger partial charge in [0.1, 0.15) is 5.75 Å². The topological polar surface area (TPSA) is 27.7 Å². The van der Waals surface area contributed by atoms with Crippen molar-refractivity contribution >= 4 is 24.3 Å². The maximum atomic E-state index is 6.20. The quantitative estimate of drug-likeness (QED) is 0.613. The van der Waals surface area contributed by atoms with Gasteiger partial charge in [-0.25, -0.2) is 0 Å². The molecule has 0 radical (unpaired) electrons. The lowest BCUT2D eigenvalue weighted by Gasteiger charge is -2.32. The smallest absolute Gasteiger partial charge is 0.494 e. The molecule has 1 aromatic rings. The molecule has 1 saturated carbocycles. The molecule has 1 aliphatic carbocycles. The lowest BCUT2D eigenvalue weighted by molar-refractivity contribution is 0.00578. The van der Waals surface area contributed by atoms with Crippen LogP contribution in [0.3, 0.4) is 0 Å². The van der Waals surface area contributed by atoms with Gasteiger partial charge in [-0.05, 0) is 70.9 Å². The Bertz CT molecular complexity index is 539. The summed E-state index contributed by atoms with van der Waals surface area (Å²) < 4.78 is 18.4. The van der Waals surface area contributed by atoms with E-state index >= 15 is 0 Å². The maximum Gasteiger partial charge on any atom is 0.498 e. The zero-order chi connectivity index (χ0) is 16.0. The second kappa shape index (κ2) is 5.77. The molecule has 0 aromatic heterocycles. The molecular formula is C17H25BO3S. The van der Waals surface area contributed by atoms with Gasteiger partial charge in [-0.3, -0.25) is 0 Å². The minimum atomic E-state index is -0.369. The minimum absolute atomic E-state index is 0.333. The highest BCUT2D eigenvalue weighted by molar-refractivity contribution is 7.98. The number of hydrogen-bond donors (Lipinski definition) is 0. The van der Waals surface area contributed by atoms with E-state index in [1.807, 2.05) is 0 Å². The maximum absolute atomic E-state index is 6.20. The normalized spacial score (nSPS) is 22.9. The van der Waals surface area contributed by atoms with Crippen molar-refractivity contribution in [3.8, 4) is 5.75 Å². The molecule has 5 heteroatoms. The van der Waals surface area contributed by atoms with Gasteiger partial charge >= 0.3 is 7.12 Å². The third-order valence-corrected chi connectivity index (χ3v) is 5.62. The van der Waals surface area contributed by atoms with Gasteiger partial charge in [-0.1, -0.05) is 0 Å². The van der Waals surface area contributed by atoms with Crippen LogP contribution in [0, 0.1) is 5.92 Å². The van der Waals surface area contributed by atoms with Crippen LogP contribution in [0.15, 0.2) is 23.1 Å². The number of benzene rings is 1. The molecule has 2 fully saturated rings. The number of hydrogen-bond acceptors (Lipinski definition) is 4. The lowest BCUT2D eigenvalue weighted by atomic mass is 9.78. The third-order valence-electron chi connectivity index (χ3n) is 4.90. The summed E-state index contributed by atoms with van der Waals surface area (Å²) in [7, 11) is -0.369. The fourth-order valence-corrected chi connectivity index (χ4v) is 2.88. The van der Waals surface area contributed by atoms with Gasteiger partial charge in [0.2, 0.25) is 0 Å². The molecule has 0 unspecified atom stereocenters. The van der Waals surface area contributed by atoms with Crippen LogP contribution in [0.1, 0.15) is 40.5 Å². The molecular weight excluding hydrogens is 295 g/mol. The molecule has 120 valence electrons. The fourth-order valence-electron chi connectivity index (χ4n) is 2.43. The van der Waals surface area contributed by atoms with E-state index in [9.17, 15) is 0 Å². The third kappa shape index (κ3) is 3.17. The second-order valence-electron chi connectivity index (χ2n) is 7.25. The standard InChI is InChI=1S/C17H25BO3S/c1-16(2)17(3,4)21-18(20-16)14-10-13(22-5)8-9-15(14)19-11-12-6-7-12/h8-10,12H,6-7,11H2,1-5H3. The van der Waals surface area contributed by atoms with Gasteiger partial charge in [-0.2, -0.15) is 0 Å². The fraction of sp³-hybridized carbons (Fsp3) is 0.647. The van der Waals surface area contributed by atoms with Crippen molar-refractivity contribution in [1.29, 1.82) is 0 Å². The average Bonchev–Trinajstić information content (AvgIpc) is 3.24. The first-order valence-electron chi connectivity index (χ1n) is 7.99. The van der Waals surface area contributed by atoms with Crippen molar-refractivity contribution in [2.45, 2.75) is 56.6 Å². The predicted octanol–water partition coefficient (Wildman–Crippen LogP) is 3.50. The Labute approximate surface area is 138 Å². The van der Waals surface area contributed by atoms with E-state index in [1.165, 1.54) is 17.7 Å². The Kier molecular flexibility index (Phi) is 4.25. The highest BCUT2D eigenvalue weighted by Gasteiger charge is 2.52. The zero-order valence-corrected chi connectivity index (χ0v) is 15.0. The Morgan fingerprint density at radius 2 is 1.82 bits per heavy atom. The molecule has 2 aliphatic rings. The first kappa shape index (κ1) is 16.2. The van der Waals surface area contributed by atoms with E-state index in [0.717, 1.165) is 23.7 Å². The van der Waals surface area contributed by atoms with Gasteiger partial charge in [0.25, 0.3) is 0 Å². The van der Waals surface area contributed by atoms with Crippen LogP contribution in [0.5, 0.6) is 5.75 Å². The largest absolute Gasteiger partial charge is 0.498 e. The SMILES string of the molecule is CSc1ccc(OCC2CC2)c(B2OC(C)(C)C(C)(C)O2)c1. The minimum Gasteiger partial charge on any atom is -0.494 e. The van der Waals surface area contributed by atoms with Crippen LogP contribution >= 0.6 is 11.8 Å². The summed E-state index contributed by atoms with van der Waals surface area (Å²) in [5.74, 6) is 1.62. The van der Waals surface area contributed by atoms with Gasteiger partial charge < -0.3 is 14.0 Å². The summed E-state index contributed by atoms with van der Waals surface area (Å²) in [5.41, 5.74) is 0.341. The molecule has 0 bridgehead atoms. The summed E-state index contributed by atoms with van der Waals surface area (Å²) in [4.78, 5) is 1.20. The van der Waals surface area contributed by atoms with E-state index in [2.05, 4.69) is 52.1 Å². The average molecular weight is 320 g/mol. The monoisotopic (exact) mass is 320 g/mol. The van der Waals surface area contributed by atoms with E-state index in [4.69, 9.17) is 14.0 Å². The van der Waals surface area contributed by atoms with Gasteiger partial charge in [0.15, 0.2) is 0 Å². The van der Waals surface area contributed by atoms with Gasteiger partial charge in [-0.15, -0.1) is 11.8 Å². The molecule has 0 N–H and O–H groups in total. The first-order valence-corrected chi connectivity index (χ1v) is 9.21. The predicted molar refractivity (Wildman–Crippen MR) is 92.2 cm³/mol. The molecule has 3 rings (SSSR count). The van der Waals surface area contributed by atoms with E-state index in [-0.39, 0.29) is 18.3 Å². The summed E-state index contributed by atoms with van der Waals surface area (Å²) in [6, 6.07) is 6.28. The highest BCUT2D eigenvalue weighted by Crippen LogP contribution is 2.37. The van der Waals surface area contributed by atoms with Gasteiger partial charge in [0.05, 0.1) is 17.8 Å². The van der Waals surface area contributed by atoms with Crippen LogP contribution < -0.4 is 10.2 Å². The number of thioether (sulfide) groups is 1. The Hall–Kier alpha value is -0.645. The van der Waals surface area contributed by atoms with E-state index in [1.54, 1.807) is 11.8 Å². The molecule has 0 amide bonds. The van der Waals surface area contributed by atoms with Crippen LogP contribution in [0.4, 0.5) is 0 Å². The Morgan fingerprint density at radius 1 is 1.18 bits per heavy atom. The van der Waals surface area contributed by atoms with E-state index in [0.29, 0.717) is 0 Å². The second-order valence-corrected chi connectivity index (χ2v) is 8.13. The van der Waals surface area contributed by atoms with Crippen molar-refractivity contribution in [2.75, 3.05) is 12.9 Å². The molecule has 1 saturated heterocycles. The molecule has 3 nitrogen and oxygen atoms in total. The molecule has 1 aliphatic heterocycles. The molecule has 0 atom stereocenters. The van der Waals surface area contributed by atoms with Crippen LogP contribution in [0.25, 0.3) is 0 Å². The van der Waals surface area contributed by atoms with Crippen molar-refractivity contribution in [3.05, 3.63) is 18.2 Å². The molecule has 1 aromatic carbocycles. The van der Waals surface area contributed by atoms with Crippen LogP contribution in [0.2, 0.25) is 0 Å². The van der Waals surface area contributed by atoms with Crippen molar-refractivity contribution < 1.29 is 14.0 Å². The zero-order valence-electron chi connectivity index (χ0n) is 14.1. The number of rotatable bonds is 5. The Balaban J connectivity index is 1.86. The summed E-state index contributed by atoms with van der Waals surface area (Å²) >= 11 is 1.72. The van der Waals surface area contributed by atoms with Crippen molar-refractivity contribution in [1.82, 2.24) is 0 Å². The van der Waals surface area contributed by atoms with Gasteiger partial charge in [0, 0.05) is 10.4 Å². The van der Waals surface area contributed by atoms with Crippen molar-refractivity contribution in [2.24, 2.45) is 5.92 Å². The summed E-state index contributed by atoms with van der Waals surface area (Å²) in [5, 5.41) is 0. The summed E-state index contributed by atoms with van der Waals surface area (Å²) in [6.45, 7) is 9.11. The highest BCUT2D eigenvalue weighted by atomic mass is 32.2. The first-order chi connectivity index (χ1) is 10.3. The lowest BCUT2D eigenvalue weighted by Crippen LogP contribution is -2.41. The molecule has 0 spiro atoms. The number of ether oxygens (including phenoxy) is 1. The van der Waals surface area contributed by atoms with E-state index < -0.39 is 0 Å². The van der Waals surface area contributed by atoms with Crippen molar-refractivity contribution in [3.63, 3.8) is 0 Å².